The quantitative estimate of drug-likeness (QED) is 0.737. The summed E-state index contributed by atoms with van der Waals surface area (Å²) in [6, 6.07) is 8.04. The van der Waals surface area contributed by atoms with Gasteiger partial charge in [0, 0.05) is 6.61 Å². The third-order valence-electron chi connectivity index (χ3n) is 2.81. The molecule has 1 aromatic carbocycles. The molecule has 0 spiro atoms. The van der Waals surface area contributed by atoms with Gasteiger partial charge in [0.1, 0.15) is 5.60 Å². The second-order valence-electron chi connectivity index (χ2n) is 4.05. The molecule has 0 bridgehead atoms. The number of hydrogen-bond donors (Lipinski definition) is 1. The smallest absolute Gasteiger partial charge is 0.113 e. The van der Waals surface area contributed by atoms with Crippen LogP contribution in [0.3, 0.4) is 0 Å². The van der Waals surface area contributed by atoms with E-state index in [2.05, 4.69) is 0 Å². The maximum absolute atomic E-state index is 10.3. The van der Waals surface area contributed by atoms with Crippen LogP contribution in [-0.2, 0) is 10.3 Å². The van der Waals surface area contributed by atoms with Gasteiger partial charge in [-0.15, -0.1) is 0 Å². The molecule has 0 amide bonds. The van der Waals surface area contributed by atoms with E-state index in [-0.39, 0.29) is 0 Å². The van der Waals surface area contributed by atoms with Crippen LogP contribution in [0.2, 0.25) is 0 Å². The lowest BCUT2D eigenvalue weighted by atomic mass is 9.88. The number of aliphatic hydroxyl groups is 1. The van der Waals surface area contributed by atoms with Crippen molar-refractivity contribution < 1.29 is 9.84 Å². The summed E-state index contributed by atoms with van der Waals surface area (Å²) in [5.41, 5.74) is 1.43. The summed E-state index contributed by atoms with van der Waals surface area (Å²) in [6.07, 6.45) is 1.74. The van der Waals surface area contributed by atoms with Gasteiger partial charge in [0.05, 0.1) is 6.61 Å². The summed E-state index contributed by atoms with van der Waals surface area (Å²) in [4.78, 5) is 0. The molecule has 1 fully saturated rings. The Bertz CT molecular complexity index is 297. The van der Waals surface area contributed by atoms with Crippen LogP contribution in [0.1, 0.15) is 24.0 Å². The highest BCUT2D eigenvalue weighted by Crippen LogP contribution is 2.30. The van der Waals surface area contributed by atoms with Gasteiger partial charge in [0.15, 0.2) is 0 Å². The van der Waals surface area contributed by atoms with Crippen LogP contribution in [0, 0.1) is 6.92 Å². The summed E-state index contributed by atoms with van der Waals surface area (Å²) in [7, 11) is 0. The summed E-state index contributed by atoms with van der Waals surface area (Å²) >= 11 is 0. The van der Waals surface area contributed by atoms with E-state index in [1.165, 1.54) is 5.56 Å². The first kappa shape index (κ1) is 9.69. The van der Waals surface area contributed by atoms with E-state index in [0.717, 1.165) is 25.0 Å². The Morgan fingerprint density at radius 3 is 2.57 bits per heavy atom. The molecule has 1 N–H and O–H groups in total. The largest absolute Gasteiger partial charge is 0.383 e. The Hall–Kier alpha value is -0.860. The lowest BCUT2D eigenvalue weighted by Crippen LogP contribution is -2.35. The molecule has 1 aliphatic heterocycles. The minimum atomic E-state index is -0.758. The molecule has 0 aliphatic carbocycles. The Morgan fingerprint density at radius 2 is 2.00 bits per heavy atom. The molecule has 1 unspecified atom stereocenters. The van der Waals surface area contributed by atoms with Gasteiger partial charge in [-0.3, -0.25) is 0 Å². The zero-order chi connectivity index (χ0) is 10.0. The Balaban J connectivity index is 2.23. The lowest BCUT2D eigenvalue weighted by molar-refractivity contribution is -0.0902. The van der Waals surface area contributed by atoms with Crippen LogP contribution < -0.4 is 0 Å². The number of rotatable bonds is 1. The molecular weight excluding hydrogens is 176 g/mol. The number of benzene rings is 1. The van der Waals surface area contributed by atoms with Gasteiger partial charge < -0.3 is 9.84 Å². The predicted octanol–water partition coefficient (Wildman–Crippen LogP) is 1.99. The normalized spacial score (nSPS) is 27.6. The summed E-state index contributed by atoms with van der Waals surface area (Å²) in [6.45, 7) is 3.25. The number of aryl methyl sites for hydroxylation is 1. The molecule has 1 heterocycles. The van der Waals surface area contributed by atoms with Crippen molar-refractivity contribution in [3.05, 3.63) is 35.4 Å². The third-order valence-corrected chi connectivity index (χ3v) is 2.81. The fourth-order valence-corrected chi connectivity index (χ4v) is 1.87. The zero-order valence-electron chi connectivity index (χ0n) is 8.49. The average Bonchev–Trinajstić information content (AvgIpc) is 2.19. The molecular formula is C12H16O2. The van der Waals surface area contributed by atoms with Crippen LogP contribution in [0.4, 0.5) is 0 Å². The molecule has 0 saturated carbocycles. The minimum Gasteiger partial charge on any atom is -0.383 e. The monoisotopic (exact) mass is 192 g/mol. The topological polar surface area (TPSA) is 29.5 Å². The molecule has 1 atom stereocenters. The van der Waals surface area contributed by atoms with Gasteiger partial charge >= 0.3 is 0 Å². The van der Waals surface area contributed by atoms with E-state index < -0.39 is 5.60 Å². The van der Waals surface area contributed by atoms with E-state index in [1.807, 2.05) is 31.2 Å². The fraction of sp³-hybridized carbons (Fsp3) is 0.500. The maximum atomic E-state index is 10.3. The molecule has 76 valence electrons. The molecule has 14 heavy (non-hydrogen) atoms. The highest BCUT2D eigenvalue weighted by molar-refractivity contribution is 5.26. The molecule has 0 radical (unpaired) electrons. The molecule has 1 aromatic rings. The van der Waals surface area contributed by atoms with Gasteiger partial charge in [0.2, 0.25) is 0 Å². The van der Waals surface area contributed by atoms with Crippen LogP contribution in [-0.4, -0.2) is 18.3 Å². The van der Waals surface area contributed by atoms with Crippen molar-refractivity contribution in [2.24, 2.45) is 0 Å². The number of ether oxygens (including phenoxy) is 1. The molecule has 2 nitrogen and oxygen atoms in total. The van der Waals surface area contributed by atoms with Gasteiger partial charge in [-0.1, -0.05) is 29.8 Å². The highest BCUT2D eigenvalue weighted by Gasteiger charge is 2.31. The van der Waals surface area contributed by atoms with Crippen LogP contribution in [0.5, 0.6) is 0 Å². The molecule has 2 rings (SSSR count). The van der Waals surface area contributed by atoms with Gasteiger partial charge in [0.25, 0.3) is 0 Å². The first-order valence-corrected chi connectivity index (χ1v) is 5.08. The first-order valence-electron chi connectivity index (χ1n) is 5.08. The SMILES string of the molecule is Cc1ccc(C2(O)CCCOC2)cc1. The zero-order valence-corrected chi connectivity index (χ0v) is 8.49. The van der Waals surface area contributed by atoms with Crippen molar-refractivity contribution >= 4 is 0 Å². The summed E-state index contributed by atoms with van der Waals surface area (Å²) in [5, 5.41) is 10.3. The van der Waals surface area contributed by atoms with Crippen LogP contribution >= 0.6 is 0 Å². The van der Waals surface area contributed by atoms with Gasteiger partial charge in [-0.25, -0.2) is 0 Å². The number of hydrogen-bond acceptors (Lipinski definition) is 2. The van der Waals surface area contributed by atoms with Gasteiger partial charge in [-0.05, 0) is 25.3 Å². The first-order chi connectivity index (χ1) is 6.71. The Morgan fingerprint density at radius 1 is 1.29 bits per heavy atom. The van der Waals surface area contributed by atoms with Crippen LogP contribution in [0.25, 0.3) is 0 Å². The molecule has 1 saturated heterocycles. The summed E-state index contributed by atoms with van der Waals surface area (Å²) < 4.78 is 5.32. The Kier molecular flexibility index (Phi) is 2.57. The van der Waals surface area contributed by atoms with Crippen molar-refractivity contribution in [3.63, 3.8) is 0 Å². The lowest BCUT2D eigenvalue weighted by Gasteiger charge is -2.32. The second kappa shape index (κ2) is 3.71. The van der Waals surface area contributed by atoms with Crippen molar-refractivity contribution in [2.45, 2.75) is 25.4 Å². The molecule has 0 aromatic heterocycles. The second-order valence-corrected chi connectivity index (χ2v) is 4.05. The van der Waals surface area contributed by atoms with Crippen molar-refractivity contribution in [1.29, 1.82) is 0 Å². The van der Waals surface area contributed by atoms with E-state index in [4.69, 9.17) is 4.74 Å². The van der Waals surface area contributed by atoms with E-state index in [9.17, 15) is 5.11 Å². The van der Waals surface area contributed by atoms with Crippen LogP contribution in [0.15, 0.2) is 24.3 Å². The minimum absolute atomic E-state index is 0.427. The summed E-state index contributed by atoms with van der Waals surface area (Å²) in [5.74, 6) is 0. The maximum Gasteiger partial charge on any atom is 0.113 e. The average molecular weight is 192 g/mol. The standard InChI is InChI=1S/C12H16O2/c1-10-3-5-11(6-4-10)12(13)7-2-8-14-9-12/h3-6,13H,2,7-9H2,1H3. The van der Waals surface area contributed by atoms with Gasteiger partial charge in [-0.2, -0.15) is 0 Å². The van der Waals surface area contributed by atoms with E-state index >= 15 is 0 Å². The molecule has 1 aliphatic rings. The highest BCUT2D eigenvalue weighted by atomic mass is 16.5. The third kappa shape index (κ3) is 1.81. The van der Waals surface area contributed by atoms with E-state index in [0.29, 0.717) is 6.61 Å². The van der Waals surface area contributed by atoms with E-state index in [1.54, 1.807) is 0 Å². The fourth-order valence-electron chi connectivity index (χ4n) is 1.87. The van der Waals surface area contributed by atoms with Crippen molar-refractivity contribution in [1.82, 2.24) is 0 Å². The van der Waals surface area contributed by atoms with Crippen molar-refractivity contribution in [3.8, 4) is 0 Å². The predicted molar refractivity (Wildman–Crippen MR) is 55.1 cm³/mol. The molecule has 2 heteroatoms. The van der Waals surface area contributed by atoms with Crippen molar-refractivity contribution in [2.75, 3.05) is 13.2 Å². The Labute approximate surface area is 84.5 Å².